The summed E-state index contributed by atoms with van der Waals surface area (Å²) in [5, 5.41) is 3.88. The molecule has 0 amide bonds. The van der Waals surface area contributed by atoms with Crippen molar-refractivity contribution in [1.82, 2.24) is 10.2 Å². The van der Waals surface area contributed by atoms with Crippen molar-refractivity contribution in [3.63, 3.8) is 0 Å². The van der Waals surface area contributed by atoms with Gasteiger partial charge in [-0.2, -0.15) is 0 Å². The van der Waals surface area contributed by atoms with Crippen molar-refractivity contribution < 1.29 is 0 Å². The van der Waals surface area contributed by atoms with E-state index in [2.05, 4.69) is 44.8 Å². The molecule has 3 atom stereocenters. The lowest BCUT2D eigenvalue weighted by molar-refractivity contribution is 0.255. The SMILES string of the molecule is CCN(CC)CC(C)NC1CCCC(C(C)C)CC1. The lowest BCUT2D eigenvalue weighted by Gasteiger charge is -2.27. The van der Waals surface area contributed by atoms with Crippen LogP contribution in [0.4, 0.5) is 0 Å². The van der Waals surface area contributed by atoms with E-state index in [1.165, 1.54) is 51.7 Å². The minimum absolute atomic E-state index is 0.625. The number of hydrogen-bond acceptors (Lipinski definition) is 2. The van der Waals surface area contributed by atoms with E-state index in [-0.39, 0.29) is 0 Å². The summed E-state index contributed by atoms with van der Waals surface area (Å²) in [5.74, 6) is 1.83. The highest BCUT2D eigenvalue weighted by Gasteiger charge is 2.22. The van der Waals surface area contributed by atoms with Crippen LogP contribution in [0.25, 0.3) is 0 Å². The number of likely N-dealkylation sites (N-methyl/N-ethyl adjacent to an activating group) is 1. The lowest BCUT2D eigenvalue weighted by Crippen LogP contribution is -2.43. The second-order valence-corrected chi connectivity index (χ2v) is 6.76. The molecule has 2 nitrogen and oxygen atoms in total. The Kier molecular flexibility index (Phi) is 8.01. The standard InChI is InChI=1S/C17H36N2/c1-6-19(7-2)13-15(5)18-17-10-8-9-16(11-12-17)14(3)4/h14-18H,6-13H2,1-5H3. The Labute approximate surface area is 121 Å². The Morgan fingerprint density at radius 1 is 1.00 bits per heavy atom. The summed E-state index contributed by atoms with van der Waals surface area (Å²) in [7, 11) is 0. The summed E-state index contributed by atoms with van der Waals surface area (Å²) in [4.78, 5) is 2.52. The fourth-order valence-electron chi connectivity index (χ4n) is 3.49. The smallest absolute Gasteiger partial charge is 0.0169 e. The molecular formula is C17H36N2. The molecule has 3 unspecified atom stereocenters. The van der Waals surface area contributed by atoms with E-state index in [1.807, 2.05) is 0 Å². The molecule has 0 bridgehead atoms. The van der Waals surface area contributed by atoms with Crippen LogP contribution in [0.2, 0.25) is 0 Å². The predicted molar refractivity (Wildman–Crippen MR) is 85.6 cm³/mol. The molecule has 1 N–H and O–H groups in total. The Hall–Kier alpha value is -0.0800. The molecule has 1 rings (SSSR count). The molecule has 2 heteroatoms. The first-order chi connectivity index (χ1) is 9.06. The van der Waals surface area contributed by atoms with Crippen molar-refractivity contribution in [3.8, 4) is 0 Å². The Balaban J connectivity index is 2.32. The minimum atomic E-state index is 0.625. The summed E-state index contributed by atoms with van der Waals surface area (Å²) in [5.41, 5.74) is 0. The van der Waals surface area contributed by atoms with E-state index >= 15 is 0 Å². The zero-order valence-electron chi connectivity index (χ0n) is 13.9. The molecule has 0 saturated heterocycles. The van der Waals surface area contributed by atoms with E-state index < -0.39 is 0 Å². The number of nitrogens with one attached hydrogen (secondary N) is 1. The van der Waals surface area contributed by atoms with E-state index in [1.54, 1.807) is 0 Å². The number of nitrogens with zero attached hydrogens (tertiary/aromatic N) is 1. The molecular weight excluding hydrogens is 232 g/mol. The third kappa shape index (κ3) is 6.27. The van der Waals surface area contributed by atoms with Crippen molar-refractivity contribution in [2.45, 2.75) is 78.8 Å². The molecule has 0 spiro atoms. The molecule has 0 aromatic heterocycles. The quantitative estimate of drug-likeness (QED) is 0.704. The zero-order chi connectivity index (χ0) is 14.3. The lowest BCUT2D eigenvalue weighted by atomic mass is 9.89. The van der Waals surface area contributed by atoms with Crippen molar-refractivity contribution in [2.75, 3.05) is 19.6 Å². The molecule has 1 aliphatic carbocycles. The molecule has 0 aromatic carbocycles. The van der Waals surface area contributed by atoms with Gasteiger partial charge < -0.3 is 10.2 Å². The number of rotatable bonds is 7. The van der Waals surface area contributed by atoms with Crippen LogP contribution in [0.15, 0.2) is 0 Å². The second kappa shape index (κ2) is 8.97. The maximum absolute atomic E-state index is 3.88. The van der Waals surface area contributed by atoms with E-state index in [0.717, 1.165) is 17.9 Å². The molecule has 1 aliphatic rings. The Morgan fingerprint density at radius 2 is 1.68 bits per heavy atom. The van der Waals surface area contributed by atoms with Gasteiger partial charge in [-0.3, -0.25) is 0 Å². The van der Waals surface area contributed by atoms with E-state index in [4.69, 9.17) is 0 Å². The zero-order valence-corrected chi connectivity index (χ0v) is 13.9. The molecule has 0 radical (unpaired) electrons. The highest BCUT2D eigenvalue weighted by molar-refractivity contribution is 4.79. The summed E-state index contributed by atoms with van der Waals surface area (Å²) >= 11 is 0. The van der Waals surface area contributed by atoms with Gasteiger partial charge in [-0.1, -0.05) is 40.5 Å². The van der Waals surface area contributed by atoms with Gasteiger partial charge in [0.1, 0.15) is 0 Å². The van der Waals surface area contributed by atoms with E-state index in [9.17, 15) is 0 Å². The monoisotopic (exact) mass is 268 g/mol. The first kappa shape index (κ1) is 17.0. The van der Waals surface area contributed by atoms with Crippen molar-refractivity contribution in [1.29, 1.82) is 0 Å². The molecule has 0 heterocycles. The fourth-order valence-corrected chi connectivity index (χ4v) is 3.49. The van der Waals surface area contributed by atoms with Gasteiger partial charge in [0.2, 0.25) is 0 Å². The first-order valence-corrected chi connectivity index (χ1v) is 8.55. The number of hydrogen-bond donors (Lipinski definition) is 1. The molecule has 0 aromatic rings. The van der Waals surface area contributed by atoms with Crippen LogP contribution in [-0.2, 0) is 0 Å². The van der Waals surface area contributed by atoms with E-state index in [0.29, 0.717) is 6.04 Å². The highest BCUT2D eigenvalue weighted by atomic mass is 15.1. The van der Waals surface area contributed by atoms with Crippen molar-refractivity contribution >= 4 is 0 Å². The summed E-state index contributed by atoms with van der Waals surface area (Å²) in [6.07, 6.45) is 7.04. The van der Waals surface area contributed by atoms with Gasteiger partial charge in [0.25, 0.3) is 0 Å². The largest absolute Gasteiger partial charge is 0.310 e. The molecule has 1 saturated carbocycles. The van der Waals surface area contributed by atoms with Crippen LogP contribution in [0.5, 0.6) is 0 Å². The molecule has 114 valence electrons. The third-order valence-electron chi connectivity index (χ3n) is 4.90. The average molecular weight is 268 g/mol. The average Bonchev–Trinajstić information content (AvgIpc) is 2.61. The van der Waals surface area contributed by atoms with Gasteiger partial charge in [-0.15, -0.1) is 0 Å². The fraction of sp³-hybridized carbons (Fsp3) is 1.00. The normalized spacial score (nSPS) is 26.7. The van der Waals surface area contributed by atoms with Gasteiger partial charge in [0.05, 0.1) is 0 Å². The Morgan fingerprint density at radius 3 is 2.26 bits per heavy atom. The van der Waals surface area contributed by atoms with Gasteiger partial charge in [0.15, 0.2) is 0 Å². The van der Waals surface area contributed by atoms with Crippen LogP contribution in [0.3, 0.4) is 0 Å². The van der Waals surface area contributed by atoms with Gasteiger partial charge >= 0.3 is 0 Å². The summed E-state index contributed by atoms with van der Waals surface area (Å²) in [6.45, 7) is 15.2. The molecule has 0 aliphatic heterocycles. The predicted octanol–water partition coefficient (Wildman–Crippen LogP) is 3.91. The Bertz CT molecular complexity index is 223. The van der Waals surface area contributed by atoms with Gasteiger partial charge in [0, 0.05) is 18.6 Å². The van der Waals surface area contributed by atoms with Crippen LogP contribution in [-0.4, -0.2) is 36.6 Å². The summed E-state index contributed by atoms with van der Waals surface area (Å²) < 4.78 is 0. The van der Waals surface area contributed by atoms with Crippen LogP contribution < -0.4 is 5.32 Å². The maximum Gasteiger partial charge on any atom is 0.0169 e. The molecule has 1 fully saturated rings. The highest BCUT2D eigenvalue weighted by Crippen LogP contribution is 2.28. The van der Waals surface area contributed by atoms with Crippen molar-refractivity contribution in [3.05, 3.63) is 0 Å². The molecule has 19 heavy (non-hydrogen) atoms. The second-order valence-electron chi connectivity index (χ2n) is 6.76. The van der Waals surface area contributed by atoms with Crippen LogP contribution >= 0.6 is 0 Å². The minimum Gasteiger partial charge on any atom is -0.310 e. The van der Waals surface area contributed by atoms with Crippen LogP contribution in [0, 0.1) is 11.8 Å². The summed E-state index contributed by atoms with van der Waals surface area (Å²) in [6, 6.07) is 1.38. The first-order valence-electron chi connectivity index (χ1n) is 8.55. The maximum atomic E-state index is 3.88. The van der Waals surface area contributed by atoms with Gasteiger partial charge in [-0.05, 0) is 51.1 Å². The van der Waals surface area contributed by atoms with Crippen molar-refractivity contribution in [2.24, 2.45) is 11.8 Å². The van der Waals surface area contributed by atoms with Crippen LogP contribution in [0.1, 0.15) is 66.7 Å². The third-order valence-corrected chi connectivity index (χ3v) is 4.90. The van der Waals surface area contributed by atoms with Gasteiger partial charge in [-0.25, -0.2) is 0 Å². The topological polar surface area (TPSA) is 15.3 Å².